The number of hydrogen-bond donors (Lipinski definition) is 5. The van der Waals surface area contributed by atoms with E-state index in [0.717, 1.165) is 54.3 Å². The van der Waals surface area contributed by atoms with Crippen LogP contribution in [0.5, 0.6) is 0 Å². The number of benzene rings is 1. The topological polar surface area (TPSA) is 129 Å². The van der Waals surface area contributed by atoms with Crippen molar-refractivity contribution in [1.29, 1.82) is 5.41 Å². The van der Waals surface area contributed by atoms with Crippen LogP contribution < -0.4 is 16.8 Å². The van der Waals surface area contributed by atoms with Crippen LogP contribution in [0.2, 0.25) is 5.02 Å². The Balaban J connectivity index is 1.80. The van der Waals surface area contributed by atoms with Crippen LogP contribution in [0.4, 0.5) is 10.1 Å². The van der Waals surface area contributed by atoms with E-state index in [1.54, 1.807) is 6.20 Å². The lowest BCUT2D eigenvalue weighted by atomic mass is 10.0. The third kappa shape index (κ3) is 5.61. The number of aryl methyl sites for hydroxylation is 1. The van der Waals surface area contributed by atoms with E-state index in [9.17, 15) is 4.39 Å². The van der Waals surface area contributed by atoms with E-state index in [2.05, 4.69) is 27.2 Å². The molecule has 1 aliphatic rings. The fraction of sp³-hybridized carbons (Fsp3) is 0.269. The number of nitrogens with zero attached hydrogens (tertiary/aromatic N) is 2. The van der Waals surface area contributed by atoms with Crippen LogP contribution in [0.25, 0.3) is 16.8 Å². The largest absolute Gasteiger partial charge is 0.383 e. The Labute approximate surface area is 209 Å². The van der Waals surface area contributed by atoms with Crippen LogP contribution >= 0.6 is 11.6 Å². The minimum Gasteiger partial charge on any atom is -0.383 e. The number of pyridine rings is 1. The van der Waals surface area contributed by atoms with E-state index >= 15 is 0 Å². The molecule has 35 heavy (non-hydrogen) atoms. The summed E-state index contributed by atoms with van der Waals surface area (Å²) in [4.78, 5) is 11.9. The smallest absolute Gasteiger partial charge is 0.135 e. The molecule has 0 bridgehead atoms. The summed E-state index contributed by atoms with van der Waals surface area (Å²) < 4.78 is 13.8. The van der Waals surface area contributed by atoms with E-state index in [4.69, 9.17) is 28.5 Å². The zero-order chi connectivity index (χ0) is 24.9. The molecule has 3 aromatic rings. The number of aromatic amines is 1. The maximum absolute atomic E-state index is 13.8. The van der Waals surface area contributed by atoms with Crippen molar-refractivity contribution >= 4 is 35.0 Å². The predicted molar refractivity (Wildman–Crippen MR) is 141 cm³/mol. The summed E-state index contributed by atoms with van der Waals surface area (Å²) in [5.74, 6) is -0.427. The molecule has 0 spiro atoms. The molecule has 0 radical (unpaired) electrons. The molecule has 4 rings (SSSR count). The highest BCUT2D eigenvalue weighted by molar-refractivity contribution is 6.33. The third-order valence-electron chi connectivity index (χ3n) is 6.21. The van der Waals surface area contributed by atoms with Gasteiger partial charge in [-0.1, -0.05) is 18.5 Å². The van der Waals surface area contributed by atoms with Crippen molar-refractivity contribution in [1.82, 2.24) is 15.3 Å². The molecule has 7 N–H and O–H groups in total. The molecule has 2 aromatic heterocycles. The average Bonchev–Trinajstić information content (AvgIpc) is 3.50. The van der Waals surface area contributed by atoms with Crippen molar-refractivity contribution < 1.29 is 4.39 Å². The summed E-state index contributed by atoms with van der Waals surface area (Å²) >= 11 is 6.19. The lowest BCUT2D eigenvalue weighted by Gasteiger charge is -2.19. The van der Waals surface area contributed by atoms with Crippen LogP contribution in [0.1, 0.15) is 37.4 Å². The van der Waals surface area contributed by atoms with Gasteiger partial charge in [-0.05, 0) is 61.1 Å². The van der Waals surface area contributed by atoms with Crippen LogP contribution in [0.15, 0.2) is 59.5 Å². The maximum atomic E-state index is 13.8. The SMILES string of the molecule is CCc1cnccc1-c1c[nH]c(/C(NC2CCC(N)C2)=C(C=N)/C(N)=N/c2cc(F)ccc2Cl)c1. The summed E-state index contributed by atoms with van der Waals surface area (Å²) in [5.41, 5.74) is 17.6. The van der Waals surface area contributed by atoms with E-state index in [-0.39, 0.29) is 28.6 Å². The Morgan fingerprint density at radius 1 is 1.34 bits per heavy atom. The monoisotopic (exact) mass is 493 g/mol. The quantitative estimate of drug-likeness (QED) is 0.224. The Morgan fingerprint density at radius 3 is 2.89 bits per heavy atom. The van der Waals surface area contributed by atoms with E-state index in [0.29, 0.717) is 11.3 Å². The zero-order valence-electron chi connectivity index (χ0n) is 19.5. The Morgan fingerprint density at radius 2 is 2.17 bits per heavy atom. The standard InChI is InChI=1S/C26H29ClFN7/c1-2-15-13-32-8-7-20(15)16-9-24(33-14-16)25(34-19-5-4-18(30)11-19)21(12-29)26(31)35-23-10-17(28)3-6-22(23)27/h3,6-10,12-14,18-19,29,33-34H,2,4-5,11,30H2,1H3,(H2,31,35)/b25-21-,29-12?. The van der Waals surface area contributed by atoms with Crippen LogP contribution in [-0.2, 0) is 6.42 Å². The summed E-state index contributed by atoms with van der Waals surface area (Å²) in [5, 5.41) is 11.9. The average molecular weight is 494 g/mol. The van der Waals surface area contributed by atoms with Gasteiger partial charge < -0.3 is 27.2 Å². The third-order valence-corrected chi connectivity index (χ3v) is 6.53. The first-order valence-corrected chi connectivity index (χ1v) is 12.0. The number of aromatic nitrogens is 2. The van der Waals surface area contributed by atoms with Crippen LogP contribution in [0.3, 0.4) is 0 Å². The first-order chi connectivity index (χ1) is 16.9. The summed E-state index contributed by atoms with van der Waals surface area (Å²) in [6, 6.07) is 8.13. The number of rotatable bonds is 8. The Bertz CT molecular complexity index is 1280. The van der Waals surface area contributed by atoms with Crippen molar-refractivity contribution in [2.75, 3.05) is 0 Å². The molecule has 182 valence electrons. The molecule has 0 amide bonds. The van der Waals surface area contributed by atoms with Gasteiger partial charge in [-0.2, -0.15) is 0 Å². The first kappa shape index (κ1) is 24.6. The fourth-order valence-corrected chi connectivity index (χ4v) is 4.53. The number of amidine groups is 1. The molecule has 1 aromatic carbocycles. The highest BCUT2D eigenvalue weighted by atomic mass is 35.5. The normalized spacial score (nSPS) is 18.9. The molecule has 2 atom stereocenters. The van der Waals surface area contributed by atoms with Crippen LogP contribution in [-0.4, -0.2) is 34.1 Å². The predicted octanol–water partition coefficient (Wildman–Crippen LogP) is 4.95. The van der Waals surface area contributed by atoms with Crippen molar-refractivity contribution in [2.45, 2.75) is 44.7 Å². The number of nitrogens with two attached hydrogens (primary N) is 2. The van der Waals surface area contributed by atoms with Gasteiger partial charge in [0, 0.05) is 48.5 Å². The van der Waals surface area contributed by atoms with E-state index < -0.39 is 5.82 Å². The number of H-pyrrole nitrogens is 1. The van der Waals surface area contributed by atoms with E-state index in [1.807, 2.05) is 24.5 Å². The molecular formula is C26H29ClFN7. The molecule has 2 heterocycles. The Kier molecular flexibility index (Phi) is 7.63. The van der Waals surface area contributed by atoms with E-state index in [1.165, 1.54) is 18.2 Å². The molecule has 2 unspecified atom stereocenters. The fourth-order valence-electron chi connectivity index (χ4n) is 4.37. The van der Waals surface area contributed by atoms with Gasteiger partial charge in [-0.3, -0.25) is 4.98 Å². The van der Waals surface area contributed by atoms with Crippen molar-refractivity contribution in [2.24, 2.45) is 16.5 Å². The summed E-state index contributed by atoms with van der Waals surface area (Å²) in [6.45, 7) is 2.09. The number of halogens is 2. The summed E-state index contributed by atoms with van der Waals surface area (Å²) in [7, 11) is 0. The second-order valence-electron chi connectivity index (χ2n) is 8.63. The van der Waals surface area contributed by atoms with Gasteiger partial charge in [0.15, 0.2) is 0 Å². The second kappa shape index (κ2) is 10.8. The zero-order valence-corrected chi connectivity index (χ0v) is 20.2. The maximum Gasteiger partial charge on any atom is 0.135 e. The number of nitrogens with one attached hydrogen (secondary N) is 3. The van der Waals surface area contributed by atoms with Gasteiger partial charge >= 0.3 is 0 Å². The second-order valence-corrected chi connectivity index (χ2v) is 9.04. The van der Waals surface area contributed by atoms with Crippen molar-refractivity contribution in [3.05, 3.63) is 76.6 Å². The van der Waals surface area contributed by atoms with Gasteiger partial charge in [0.05, 0.1) is 27.7 Å². The minimum atomic E-state index is -0.474. The van der Waals surface area contributed by atoms with Gasteiger partial charge in [0.25, 0.3) is 0 Å². The minimum absolute atomic E-state index is 0.0478. The molecule has 1 saturated carbocycles. The lowest BCUT2D eigenvalue weighted by molar-refractivity contribution is 0.601. The summed E-state index contributed by atoms with van der Waals surface area (Å²) in [6.07, 6.45) is 10.2. The molecule has 9 heteroatoms. The highest BCUT2D eigenvalue weighted by Gasteiger charge is 2.25. The molecule has 0 aliphatic heterocycles. The Hall–Kier alpha value is -3.49. The van der Waals surface area contributed by atoms with Crippen LogP contribution in [0, 0.1) is 11.2 Å². The van der Waals surface area contributed by atoms with Gasteiger partial charge in [0.1, 0.15) is 11.7 Å². The number of hydrogen-bond acceptors (Lipinski definition) is 5. The number of aliphatic imine (C=N–C) groups is 1. The van der Waals surface area contributed by atoms with Crippen molar-refractivity contribution in [3.8, 4) is 11.1 Å². The molecule has 0 saturated heterocycles. The van der Waals surface area contributed by atoms with Gasteiger partial charge in [-0.25, -0.2) is 9.38 Å². The molecular weight excluding hydrogens is 465 g/mol. The molecule has 7 nitrogen and oxygen atoms in total. The molecule has 1 fully saturated rings. The highest BCUT2D eigenvalue weighted by Crippen LogP contribution is 2.30. The first-order valence-electron chi connectivity index (χ1n) is 11.6. The van der Waals surface area contributed by atoms with Gasteiger partial charge in [0.2, 0.25) is 0 Å². The lowest BCUT2D eigenvalue weighted by Crippen LogP contribution is -2.30. The van der Waals surface area contributed by atoms with Gasteiger partial charge in [-0.15, -0.1) is 0 Å². The van der Waals surface area contributed by atoms with Crippen molar-refractivity contribution in [3.63, 3.8) is 0 Å². The molecule has 1 aliphatic carbocycles.